The zero-order valence-electron chi connectivity index (χ0n) is 9.21. The van der Waals surface area contributed by atoms with Crippen LogP contribution in [-0.4, -0.2) is 55.7 Å². The molecular weight excluding hydrogens is 231 g/mol. The van der Waals surface area contributed by atoms with E-state index in [1.54, 1.807) is 0 Å². The van der Waals surface area contributed by atoms with Crippen LogP contribution in [0.15, 0.2) is 0 Å². The minimum atomic E-state index is -1.70. The number of hydrogen-bond donors (Lipinski definition) is 0. The molecule has 0 unspecified atom stereocenters. The van der Waals surface area contributed by atoms with Crippen molar-refractivity contribution in [2.45, 2.75) is 26.2 Å². The lowest BCUT2D eigenvalue weighted by atomic mass is 11.7. The summed E-state index contributed by atoms with van der Waals surface area (Å²) in [6, 6.07) is 0. The van der Waals surface area contributed by atoms with Crippen molar-refractivity contribution >= 4 is 43.2 Å². The Hall–Kier alpha value is 1.06. The summed E-state index contributed by atoms with van der Waals surface area (Å²) in [5.41, 5.74) is 0. The summed E-state index contributed by atoms with van der Waals surface area (Å²) in [6.07, 6.45) is 1.84. The molecule has 0 aliphatic heterocycles. The van der Waals surface area contributed by atoms with E-state index < -0.39 is 24.2 Å². The van der Waals surface area contributed by atoms with E-state index in [4.69, 9.17) is 11.1 Å². The molecule has 0 saturated carbocycles. The van der Waals surface area contributed by atoms with E-state index in [0.717, 1.165) is 12.5 Å². The van der Waals surface area contributed by atoms with Crippen LogP contribution in [0, 0.1) is 0 Å². The molecular formula is C6H21AlO3Si3-. The highest BCUT2D eigenvalue weighted by molar-refractivity contribution is 6.59. The van der Waals surface area contributed by atoms with Gasteiger partial charge in [-0.1, -0.05) is 26.2 Å². The first kappa shape index (κ1) is 14.1. The zero-order chi connectivity index (χ0) is 10.1. The van der Waals surface area contributed by atoms with Gasteiger partial charge in [-0.05, 0) is 12.5 Å². The van der Waals surface area contributed by atoms with E-state index in [1.165, 1.54) is 0 Å². The lowest BCUT2D eigenvalue weighted by Gasteiger charge is -2.30. The topological polar surface area (TPSA) is 27.7 Å². The van der Waals surface area contributed by atoms with Crippen molar-refractivity contribution in [1.82, 2.24) is 0 Å². The predicted octanol–water partition coefficient (Wildman–Crippen LogP) is -0.647. The number of rotatable bonds is 8. The van der Waals surface area contributed by atoms with Gasteiger partial charge in [-0.2, -0.15) is 0 Å². The summed E-state index contributed by atoms with van der Waals surface area (Å²) < 4.78 is 17.0. The summed E-state index contributed by atoms with van der Waals surface area (Å²) in [5, 5.41) is 0. The quantitative estimate of drug-likeness (QED) is 0.538. The molecule has 0 aliphatic carbocycles. The summed E-state index contributed by atoms with van der Waals surface area (Å²) in [6.45, 7) is 8.82. The van der Waals surface area contributed by atoms with Gasteiger partial charge in [0.25, 0.3) is 0 Å². The van der Waals surface area contributed by atoms with Crippen molar-refractivity contribution in [2.75, 3.05) is 12.5 Å². The Morgan fingerprint density at radius 3 is 1.85 bits per heavy atom. The molecule has 0 amide bonds. The van der Waals surface area contributed by atoms with Crippen molar-refractivity contribution in [1.29, 1.82) is 0 Å². The van der Waals surface area contributed by atoms with Crippen molar-refractivity contribution in [3.63, 3.8) is 0 Å². The average molecular weight is 252 g/mol. The van der Waals surface area contributed by atoms with E-state index in [-0.39, 0.29) is 19.0 Å². The Balaban J connectivity index is 3.60. The lowest BCUT2D eigenvalue weighted by molar-refractivity contribution is 0.182. The third-order valence-corrected chi connectivity index (χ3v) is 7.61. The summed E-state index contributed by atoms with van der Waals surface area (Å²) in [5.74, 6) is 0. The molecule has 0 bridgehead atoms. The fourth-order valence-electron chi connectivity index (χ4n) is 0.777. The zero-order valence-corrected chi connectivity index (χ0v) is 14.3. The maximum absolute atomic E-state index is 5.73. The Kier molecular flexibility index (Phi) is 10.4. The second kappa shape index (κ2) is 9.61. The fourth-order valence-corrected chi connectivity index (χ4v) is 6.70. The first-order valence-corrected chi connectivity index (χ1v) is 14.1. The maximum Gasteiger partial charge on any atom is 0.547 e. The Morgan fingerprint density at radius 1 is 1.08 bits per heavy atom. The van der Waals surface area contributed by atoms with Gasteiger partial charge in [-0.3, -0.25) is 0 Å². The van der Waals surface area contributed by atoms with Crippen molar-refractivity contribution < 1.29 is 11.1 Å². The molecule has 0 aromatic rings. The van der Waals surface area contributed by atoms with Crippen LogP contribution in [0.3, 0.4) is 0 Å². The standard InChI is InChI=1S/3C2H7OSi.Al/c1-4(2)3;2*1-4-2-3;/h4H,1-2H3;2*2,4H2,1H3;/q3*-1;+2. The Morgan fingerprint density at radius 2 is 1.54 bits per heavy atom. The van der Waals surface area contributed by atoms with Crippen LogP contribution in [0.2, 0.25) is 26.2 Å². The number of hydrogen-bond acceptors (Lipinski definition) is 3. The third-order valence-electron chi connectivity index (χ3n) is 1.30. The minimum absolute atomic E-state index is 0.00669. The molecule has 0 aromatic carbocycles. The first-order chi connectivity index (χ1) is 6.20. The van der Waals surface area contributed by atoms with E-state index in [2.05, 4.69) is 26.2 Å². The third kappa shape index (κ3) is 9.37. The highest BCUT2D eigenvalue weighted by Gasteiger charge is 2.09. The van der Waals surface area contributed by atoms with Crippen LogP contribution in [0.25, 0.3) is 0 Å². The minimum Gasteiger partial charge on any atom is -0.682 e. The van der Waals surface area contributed by atoms with Gasteiger partial charge in [0, 0.05) is 19.0 Å². The maximum atomic E-state index is 5.73. The highest BCUT2D eigenvalue weighted by Crippen LogP contribution is 1.95. The molecule has 0 rings (SSSR count). The normalized spacial score (nSPS) is 13.4. The molecule has 0 fully saturated rings. The van der Waals surface area contributed by atoms with Crippen molar-refractivity contribution in [2.24, 2.45) is 0 Å². The van der Waals surface area contributed by atoms with Gasteiger partial charge in [0.05, 0.1) is 0 Å². The summed E-state index contributed by atoms with van der Waals surface area (Å²) in [4.78, 5) is 0. The molecule has 0 aliphatic rings. The largest absolute Gasteiger partial charge is 0.682 e. The molecule has 13 heavy (non-hydrogen) atoms. The van der Waals surface area contributed by atoms with Gasteiger partial charge in [-0.25, -0.2) is 0 Å². The molecule has 0 N–H and O–H groups in total. The van der Waals surface area contributed by atoms with Gasteiger partial charge in [0.2, 0.25) is 0 Å². The second-order valence-electron chi connectivity index (χ2n) is 3.22. The SMILES string of the molecule is C[SiH2]C[O][Al-]([O]C[SiH2]C)[O][SiH](C)C. The lowest BCUT2D eigenvalue weighted by Crippen LogP contribution is -2.34. The van der Waals surface area contributed by atoms with Crippen molar-refractivity contribution in [3.8, 4) is 0 Å². The molecule has 0 spiro atoms. The molecule has 0 aromatic heterocycles. The van der Waals surface area contributed by atoms with Gasteiger partial charge in [0.15, 0.2) is 0 Å². The molecule has 0 heterocycles. The van der Waals surface area contributed by atoms with E-state index in [9.17, 15) is 0 Å². The van der Waals surface area contributed by atoms with Crippen LogP contribution < -0.4 is 0 Å². The van der Waals surface area contributed by atoms with E-state index in [1.807, 2.05) is 0 Å². The molecule has 1 radical (unpaired) electrons. The smallest absolute Gasteiger partial charge is 0.547 e. The first-order valence-electron chi connectivity index (χ1n) is 5.09. The summed E-state index contributed by atoms with van der Waals surface area (Å²) in [7, 11) is -0.984. The second-order valence-corrected chi connectivity index (χ2v) is 10.5. The van der Waals surface area contributed by atoms with Gasteiger partial charge >= 0.3 is 15.1 Å². The fraction of sp³-hybridized carbons (Fsp3) is 1.00. The molecule has 79 valence electrons. The monoisotopic (exact) mass is 252 g/mol. The average Bonchev–Trinajstić information content (AvgIpc) is 2.09. The molecule has 0 saturated heterocycles. The molecule has 3 nitrogen and oxygen atoms in total. The Bertz CT molecular complexity index is 109. The molecule has 0 atom stereocenters. The van der Waals surface area contributed by atoms with E-state index in [0.29, 0.717) is 0 Å². The van der Waals surface area contributed by atoms with Crippen molar-refractivity contribution in [3.05, 3.63) is 0 Å². The molecule has 7 heteroatoms. The van der Waals surface area contributed by atoms with Gasteiger partial charge in [0.1, 0.15) is 9.04 Å². The predicted molar refractivity (Wildman–Crippen MR) is 66.4 cm³/mol. The van der Waals surface area contributed by atoms with Crippen LogP contribution in [0.1, 0.15) is 0 Å². The van der Waals surface area contributed by atoms with Gasteiger partial charge < -0.3 is 11.1 Å². The van der Waals surface area contributed by atoms with Crippen LogP contribution in [-0.2, 0) is 11.1 Å². The van der Waals surface area contributed by atoms with Gasteiger partial charge in [-0.15, -0.1) is 0 Å². The summed E-state index contributed by atoms with van der Waals surface area (Å²) >= 11 is -1.70. The van der Waals surface area contributed by atoms with Crippen LogP contribution in [0.5, 0.6) is 0 Å². The van der Waals surface area contributed by atoms with E-state index >= 15 is 0 Å². The van der Waals surface area contributed by atoms with Crippen LogP contribution >= 0.6 is 0 Å². The Labute approximate surface area is 92.9 Å². The highest BCUT2D eigenvalue weighted by atomic mass is 28.3. The van der Waals surface area contributed by atoms with Crippen LogP contribution in [0.4, 0.5) is 0 Å².